The minimum Gasteiger partial charge on any atom is -0.395 e. The summed E-state index contributed by atoms with van der Waals surface area (Å²) in [6.45, 7) is 1.81. The van der Waals surface area contributed by atoms with Gasteiger partial charge in [0.1, 0.15) is 0 Å². The van der Waals surface area contributed by atoms with Gasteiger partial charge in [0, 0.05) is 0 Å². The third-order valence-electron chi connectivity index (χ3n) is 1.18. The van der Waals surface area contributed by atoms with Gasteiger partial charge < -0.3 is 10.2 Å². The smallest absolute Gasteiger partial charge is 0.0825 e. The van der Waals surface area contributed by atoms with Gasteiger partial charge in [-0.15, -0.1) is 11.6 Å². The zero-order chi connectivity index (χ0) is 7.28. The standard InChI is InChI=1S/C6H13ClO2/c1-2-3-6(9)5(7)4-8/h5-6,8-9H,2-4H2,1H3/t5-,6+/m1/s1. The first-order valence-electron chi connectivity index (χ1n) is 3.15. The van der Waals surface area contributed by atoms with Gasteiger partial charge in [-0.25, -0.2) is 0 Å². The molecule has 0 aliphatic carbocycles. The largest absolute Gasteiger partial charge is 0.395 e. The lowest BCUT2D eigenvalue weighted by atomic mass is 10.1. The van der Waals surface area contributed by atoms with Crippen molar-refractivity contribution in [2.45, 2.75) is 31.2 Å². The van der Waals surface area contributed by atoms with E-state index < -0.39 is 11.5 Å². The van der Waals surface area contributed by atoms with Crippen molar-refractivity contribution in [2.75, 3.05) is 6.61 Å². The highest BCUT2D eigenvalue weighted by Crippen LogP contribution is 2.07. The number of hydrogen-bond donors (Lipinski definition) is 2. The Morgan fingerprint density at radius 2 is 2.11 bits per heavy atom. The van der Waals surface area contributed by atoms with Crippen LogP contribution in [0.2, 0.25) is 0 Å². The third kappa shape index (κ3) is 3.73. The summed E-state index contributed by atoms with van der Waals surface area (Å²) in [6, 6.07) is 0. The molecule has 0 aliphatic rings. The van der Waals surface area contributed by atoms with Gasteiger partial charge in [0.25, 0.3) is 0 Å². The van der Waals surface area contributed by atoms with Crippen molar-refractivity contribution in [3.05, 3.63) is 0 Å². The molecule has 0 unspecified atom stereocenters. The highest BCUT2D eigenvalue weighted by Gasteiger charge is 2.12. The van der Waals surface area contributed by atoms with Crippen LogP contribution >= 0.6 is 11.6 Å². The van der Waals surface area contributed by atoms with Crippen molar-refractivity contribution in [3.63, 3.8) is 0 Å². The van der Waals surface area contributed by atoms with E-state index in [2.05, 4.69) is 0 Å². The summed E-state index contributed by atoms with van der Waals surface area (Å²) in [7, 11) is 0. The van der Waals surface area contributed by atoms with E-state index in [0.717, 1.165) is 6.42 Å². The maximum atomic E-state index is 9.03. The molecule has 0 heterocycles. The van der Waals surface area contributed by atoms with E-state index in [9.17, 15) is 0 Å². The van der Waals surface area contributed by atoms with E-state index in [1.165, 1.54) is 0 Å². The Balaban J connectivity index is 3.32. The molecule has 0 aromatic carbocycles. The molecular formula is C6H13ClO2. The number of alkyl halides is 1. The molecule has 0 rings (SSSR count). The van der Waals surface area contributed by atoms with Crippen LogP contribution in [-0.2, 0) is 0 Å². The molecular weight excluding hydrogens is 140 g/mol. The zero-order valence-electron chi connectivity index (χ0n) is 5.55. The van der Waals surface area contributed by atoms with Gasteiger partial charge in [-0.3, -0.25) is 0 Å². The molecule has 0 radical (unpaired) electrons. The number of rotatable bonds is 4. The first-order valence-corrected chi connectivity index (χ1v) is 3.59. The molecule has 0 fully saturated rings. The normalized spacial score (nSPS) is 17.3. The molecule has 0 saturated heterocycles. The van der Waals surface area contributed by atoms with E-state index in [1.807, 2.05) is 6.92 Å². The van der Waals surface area contributed by atoms with Crippen molar-refractivity contribution in [1.29, 1.82) is 0 Å². The molecule has 56 valence electrons. The van der Waals surface area contributed by atoms with Crippen LogP contribution in [0, 0.1) is 0 Å². The lowest BCUT2D eigenvalue weighted by molar-refractivity contribution is 0.129. The quantitative estimate of drug-likeness (QED) is 0.584. The zero-order valence-corrected chi connectivity index (χ0v) is 6.30. The van der Waals surface area contributed by atoms with Crippen molar-refractivity contribution in [2.24, 2.45) is 0 Å². The number of aliphatic hydroxyl groups excluding tert-OH is 2. The maximum Gasteiger partial charge on any atom is 0.0825 e. The van der Waals surface area contributed by atoms with E-state index in [4.69, 9.17) is 21.8 Å². The van der Waals surface area contributed by atoms with Gasteiger partial charge in [0.2, 0.25) is 0 Å². The average Bonchev–Trinajstić information content (AvgIpc) is 1.87. The topological polar surface area (TPSA) is 40.5 Å². The number of halogens is 1. The second-order valence-electron chi connectivity index (χ2n) is 2.05. The molecule has 0 saturated carbocycles. The predicted octanol–water partition coefficient (Wildman–Crippen LogP) is 0.747. The summed E-state index contributed by atoms with van der Waals surface area (Å²) in [5.41, 5.74) is 0. The molecule has 0 aromatic rings. The molecule has 3 heteroatoms. The Morgan fingerprint density at radius 3 is 2.44 bits per heavy atom. The van der Waals surface area contributed by atoms with Crippen LogP contribution in [0.25, 0.3) is 0 Å². The van der Waals surface area contributed by atoms with Gasteiger partial charge in [-0.2, -0.15) is 0 Å². The molecule has 0 aliphatic heterocycles. The van der Waals surface area contributed by atoms with Crippen molar-refractivity contribution in [3.8, 4) is 0 Å². The van der Waals surface area contributed by atoms with Crippen molar-refractivity contribution >= 4 is 11.6 Å². The molecule has 0 bridgehead atoms. The van der Waals surface area contributed by atoms with Gasteiger partial charge in [0.05, 0.1) is 18.1 Å². The summed E-state index contributed by atoms with van der Waals surface area (Å²) >= 11 is 5.49. The molecule has 2 nitrogen and oxygen atoms in total. The van der Waals surface area contributed by atoms with Gasteiger partial charge in [-0.05, 0) is 6.42 Å². The molecule has 0 aromatic heterocycles. The van der Waals surface area contributed by atoms with Crippen molar-refractivity contribution in [1.82, 2.24) is 0 Å². The molecule has 9 heavy (non-hydrogen) atoms. The Hall–Kier alpha value is 0.210. The van der Waals surface area contributed by atoms with E-state index in [-0.39, 0.29) is 6.61 Å². The fraction of sp³-hybridized carbons (Fsp3) is 1.00. The monoisotopic (exact) mass is 152 g/mol. The Labute approximate surface area is 60.5 Å². The highest BCUT2D eigenvalue weighted by molar-refractivity contribution is 6.21. The lowest BCUT2D eigenvalue weighted by Gasteiger charge is -2.12. The summed E-state index contributed by atoms with van der Waals surface area (Å²) in [4.78, 5) is 0. The summed E-state index contributed by atoms with van der Waals surface area (Å²) in [6.07, 6.45) is 1.00. The van der Waals surface area contributed by atoms with Crippen LogP contribution in [-0.4, -0.2) is 28.3 Å². The Bertz CT molecular complexity index is 68.1. The van der Waals surface area contributed by atoms with E-state index >= 15 is 0 Å². The van der Waals surface area contributed by atoms with Crippen LogP contribution < -0.4 is 0 Å². The molecule has 2 N–H and O–H groups in total. The first-order chi connectivity index (χ1) is 4.22. The number of aliphatic hydroxyl groups is 2. The maximum absolute atomic E-state index is 9.03. The third-order valence-corrected chi connectivity index (χ3v) is 1.61. The van der Waals surface area contributed by atoms with Crippen LogP contribution in [0.3, 0.4) is 0 Å². The van der Waals surface area contributed by atoms with Gasteiger partial charge in [-0.1, -0.05) is 13.3 Å². The van der Waals surface area contributed by atoms with Crippen LogP contribution in [0.5, 0.6) is 0 Å². The molecule has 0 amide bonds. The van der Waals surface area contributed by atoms with Gasteiger partial charge >= 0.3 is 0 Å². The summed E-state index contributed by atoms with van der Waals surface area (Å²) in [5, 5.41) is 17.0. The fourth-order valence-corrected chi connectivity index (χ4v) is 0.724. The number of hydrogen-bond acceptors (Lipinski definition) is 2. The van der Waals surface area contributed by atoms with Crippen LogP contribution in [0.15, 0.2) is 0 Å². The van der Waals surface area contributed by atoms with E-state index in [1.54, 1.807) is 0 Å². The van der Waals surface area contributed by atoms with Gasteiger partial charge in [0.15, 0.2) is 0 Å². The molecule has 2 atom stereocenters. The Kier molecular flexibility index (Phi) is 5.15. The van der Waals surface area contributed by atoms with Crippen LogP contribution in [0.1, 0.15) is 19.8 Å². The summed E-state index contributed by atoms with van der Waals surface area (Å²) < 4.78 is 0. The van der Waals surface area contributed by atoms with Crippen LogP contribution in [0.4, 0.5) is 0 Å². The predicted molar refractivity (Wildman–Crippen MR) is 37.6 cm³/mol. The first kappa shape index (κ1) is 9.21. The minimum absolute atomic E-state index is 0.150. The fourth-order valence-electron chi connectivity index (χ4n) is 0.598. The van der Waals surface area contributed by atoms with Crippen molar-refractivity contribution < 1.29 is 10.2 Å². The average molecular weight is 153 g/mol. The summed E-state index contributed by atoms with van der Waals surface area (Å²) in [5.74, 6) is 0. The second kappa shape index (κ2) is 5.03. The SMILES string of the molecule is CCC[C@H](O)[C@H](Cl)CO. The Morgan fingerprint density at radius 1 is 1.56 bits per heavy atom. The van der Waals surface area contributed by atoms with E-state index in [0.29, 0.717) is 6.42 Å². The highest BCUT2D eigenvalue weighted by atomic mass is 35.5. The second-order valence-corrected chi connectivity index (χ2v) is 2.62. The lowest BCUT2D eigenvalue weighted by Crippen LogP contribution is -2.23. The minimum atomic E-state index is -0.554. The molecule has 0 spiro atoms.